The van der Waals surface area contributed by atoms with E-state index in [-0.39, 0.29) is 11.6 Å². The van der Waals surface area contributed by atoms with Crippen LogP contribution < -0.4 is 10.6 Å². The van der Waals surface area contributed by atoms with E-state index in [1.165, 1.54) is 12.5 Å². The smallest absolute Gasteiger partial charge is 0.356 e. The third-order valence-corrected chi connectivity index (χ3v) is 3.49. The maximum absolute atomic E-state index is 11.7. The van der Waals surface area contributed by atoms with Crippen LogP contribution in [0.1, 0.15) is 29.8 Å². The molecule has 1 fully saturated rings. The molecule has 7 heteroatoms. The number of carbonyl (C=O) groups is 2. The van der Waals surface area contributed by atoms with E-state index < -0.39 is 5.97 Å². The second kappa shape index (κ2) is 7.04. The molecule has 1 aliphatic heterocycles. The standard InChI is InChI=1S/C13H20N4O3/c18-12(2-1-10-3-4-14-7-10)15-5-6-17-8-11(13(19)20)16-9-17/h8-10,14H,1-7H2,(H,15,18)(H,19,20). The fourth-order valence-electron chi connectivity index (χ4n) is 2.30. The normalized spacial score (nSPS) is 18.1. The lowest BCUT2D eigenvalue weighted by Crippen LogP contribution is -2.27. The summed E-state index contributed by atoms with van der Waals surface area (Å²) < 4.78 is 1.66. The van der Waals surface area contributed by atoms with Gasteiger partial charge in [0.05, 0.1) is 6.33 Å². The van der Waals surface area contributed by atoms with Crippen LogP contribution in [0, 0.1) is 5.92 Å². The molecule has 3 N–H and O–H groups in total. The second-order valence-corrected chi connectivity index (χ2v) is 5.05. The van der Waals surface area contributed by atoms with Gasteiger partial charge in [-0.25, -0.2) is 9.78 Å². The number of amides is 1. The number of nitrogens with one attached hydrogen (secondary N) is 2. The lowest BCUT2D eigenvalue weighted by molar-refractivity contribution is -0.121. The van der Waals surface area contributed by atoms with Gasteiger partial charge in [-0.15, -0.1) is 0 Å². The average Bonchev–Trinajstić information content (AvgIpc) is 3.07. The van der Waals surface area contributed by atoms with Gasteiger partial charge in [-0.05, 0) is 31.8 Å². The Morgan fingerprint density at radius 1 is 1.55 bits per heavy atom. The quantitative estimate of drug-likeness (QED) is 0.657. The van der Waals surface area contributed by atoms with Gasteiger partial charge >= 0.3 is 5.97 Å². The van der Waals surface area contributed by atoms with E-state index in [9.17, 15) is 9.59 Å². The summed E-state index contributed by atoms with van der Waals surface area (Å²) in [6.07, 6.45) is 5.54. The molecule has 0 bridgehead atoms. The fraction of sp³-hybridized carbons (Fsp3) is 0.615. The van der Waals surface area contributed by atoms with Gasteiger partial charge in [-0.2, -0.15) is 0 Å². The molecule has 1 aromatic heterocycles. The Morgan fingerprint density at radius 2 is 2.40 bits per heavy atom. The van der Waals surface area contributed by atoms with E-state index in [2.05, 4.69) is 15.6 Å². The second-order valence-electron chi connectivity index (χ2n) is 5.05. The van der Waals surface area contributed by atoms with E-state index in [1.54, 1.807) is 4.57 Å². The zero-order chi connectivity index (χ0) is 14.4. The van der Waals surface area contributed by atoms with Gasteiger partial charge in [0.1, 0.15) is 0 Å². The lowest BCUT2D eigenvalue weighted by atomic mass is 10.0. The number of aromatic nitrogens is 2. The molecule has 2 rings (SSSR count). The van der Waals surface area contributed by atoms with Crippen molar-refractivity contribution in [2.24, 2.45) is 5.92 Å². The largest absolute Gasteiger partial charge is 0.476 e. The molecule has 0 aromatic carbocycles. The first kappa shape index (κ1) is 14.5. The van der Waals surface area contributed by atoms with E-state index >= 15 is 0 Å². The summed E-state index contributed by atoms with van der Waals surface area (Å²) in [4.78, 5) is 26.1. The fourth-order valence-corrected chi connectivity index (χ4v) is 2.30. The molecule has 1 unspecified atom stereocenters. The third kappa shape index (κ3) is 4.34. The van der Waals surface area contributed by atoms with Crippen LogP contribution in [-0.2, 0) is 11.3 Å². The molecule has 0 radical (unpaired) electrons. The van der Waals surface area contributed by atoms with Gasteiger partial charge in [-0.3, -0.25) is 4.79 Å². The highest BCUT2D eigenvalue weighted by Gasteiger charge is 2.15. The monoisotopic (exact) mass is 280 g/mol. The minimum Gasteiger partial charge on any atom is -0.476 e. The molecule has 1 amide bonds. The number of hydrogen-bond acceptors (Lipinski definition) is 4. The van der Waals surface area contributed by atoms with Gasteiger partial charge in [0.2, 0.25) is 5.91 Å². The van der Waals surface area contributed by atoms with Crippen LogP contribution in [0.15, 0.2) is 12.5 Å². The van der Waals surface area contributed by atoms with Crippen LogP contribution in [0.4, 0.5) is 0 Å². The highest BCUT2D eigenvalue weighted by molar-refractivity contribution is 5.84. The Balaban J connectivity index is 1.61. The maximum Gasteiger partial charge on any atom is 0.356 e. The van der Waals surface area contributed by atoms with Gasteiger partial charge in [0, 0.05) is 25.7 Å². The van der Waals surface area contributed by atoms with Crippen LogP contribution in [0.2, 0.25) is 0 Å². The Kier molecular flexibility index (Phi) is 5.11. The molecular formula is C13H20N4O3. The summed E-state index contributed by atoms with van der Waals surface area (Å²) in [7, 11) is 0. The van der Waals surface area contributed by atoms with Gasteiger partial charge < -0.3 is 20.3 Å². The topological polar surface area (TPSA) is 96.3 Å². The number of carboxylic acid groups (broad SMARTS) is 1. The number of hydrogen-bond donors (Lipinski definition) is 3. The molecule has 0 saturated carbocycles. The average molecular weight is 280 g/mol. The predicted octanol–water partition coefficient (Wildman–Crippen LogP) is 0.0872. The first-order chi connectivity index (χ1) is 9.65. The first-order valence-corrected chi connectivity index (χ1v) is 6.87. The van der Waals surface area contributed by atoms with Crippen molar-refractivity contribution in [3.05, 3.63) is 18.2 Å². The van der Waals surface area contributed by atoms with Crippen molar-refractivity contribution in [1.29, 1.82) is 0 Å². The molecule has 1 atom stereocenters. The van der Waals surface area contributed by atoms with Crippen molar-refractivity contribution in [2.75, 3.05) is 19.6 Å². The van der Waals surface area contributed by atoms with Crippen molar-refractivity contribution in [2.45, 2.75) is 25.8 Å². The van der Waals surface area contributed by atoms with E-state index in [0.29, 0.717) is 25.4 Å². The van der Waals surface area contributed by atoms with E-state index in [4.69, 9.17) is 5.11 Å². The number of imidazole rings is 1. The molecule has 1 aromatic rings. The maximum atomic E-state index is 11.7. The Hall–Kier alpha value is -1.89. The number of carbonyl (C=O) groups excluding carboxylic acids is 1. The molecule has 1 saturated heterocycles. The van der Waals surface area contributed by atoms with Gasteiger partial charge in [-0.1, -0.05) is 0 Å². The molecule has 2 heterocycles. The zero-order valence-corrected chi connectivity index (χ0v) is 11.3. The summed E-state index contributed by atoms with van der Waals surface area (Å²) in [5.74, 6) is -0.374. The minimum atomic E-state index is -1.04. The SMILES string of the molecule is O=C(CCC1CCNC1)NCCn1cnc(C(=O)O)c1. The summed E-state index contributed by atoms with van der Waals surface area (Å²) in [5.41, 5.74) is 0.0186. The first-order valence-electron chi connectivity index (χ1n) is 6.87. The van der Waals surface area contributed by atoms with Gasteiger partial charge in [0.15, 0.2) is 5.69 Å². The van der Waals surface area contributed by atoms with Crippen LogP contribution in [0.25, 0.3) is 0 Å². The third-order valence-electron chi connectivity index (χ3n) is 3.49. The zero-order valence-electron chi connectivity index (χ0n) is 11.3. The summed E-state index contributed by atoms with van der Waals surface area (Å²) in [6.45, 7) is 3.08. The van der Waals surface area contributed by atoms with E-state index in [1.807, 2.05) is 0 Å². The van der Waals surface area contributed by atoms with E-state index in [0.717, 1.165) is 25.9 Å². The highest BCUT2D eigenvalue weighted by atomic mass is 16.4. The summed E-state index contributed by atoms with van der Waals surface area (Å²) >= 11 is 0. The Bertz CT molecular complexity index is 466. The van der Waals surface area contributed by atoms with Crippen molar-refractivity contribution in [3.8, 4) is 0 Å². The molecule has 0 spiro atoms. The van der Waals surface area contributed by atoms with Crippen molar-refractivity contribution in [3.63, 3.8) is 0 Å². The molecule has 20 heavy (non-hydrogen) atoms. The highest BCUT2D eigenvalue weighted by Crippen LogP contribution is 2.13. The van der Waals surface area contributed by atoms with Crippen LogP contribution in [-0.4, -0.2) is 46.2 Å². The Morgan fingerprint density at radius 3 is 3.05 bits per heavy atom. The van der Waals surface area contributed by atoms with Crippen molar-refractivity contribution in [1.82, 2.24) is 20.2 Å². The molecule has 7 nitrogen and oxygen atoms in total. The lowest BCUT2D eigenvalue weighted by Gasteiger charge is -2.08. The molecule has 110 valence electrons. The molecule has 0 aliphatic carbocycles. The van der Waals surface area contributed by atoms with Crippen LogP contribution in [0.5, 0.6) is 0 Å². The number of nitrogens with zero attached hydrogens (tertiary/aromatic N) is 2. The molecular weight excluding hydrogens is 260 g/mol. The predicted molar refractivity (Wildman–Crippen MR) is 72.4 cm³/mol. The number of aromatic carboxylic acids is 1. The summed E-state index contributed by atoms with van der Waals surface area (Å²) in [5, 5.41) is 14.9. The van der Waals surface area contributed by atoms with Crippen molar-refractivity contribution < 1.29 is 14.7 Å². The van der Waals surface area contributed by atoms with Gasteiger partial charge in [0.25, 0.3) is 0 Å². The minimum absolute atomic E-state index is 0.0186. The number of rotatable bonds is 7. The van der Waals surface area contributed by atoms with Crippen LogP contribution >= 0.6 is 0 Å². The Labute approximate surface area is 117 Å². The summed E-state index contributed by atoms with van der Waals surface area (Å²) in [6, 6.07) is 0. The van der Waals surface area contributed by atoms with Crippen LogP contribution in [0.3, 0.4) is 0 Å². The molecule has 1 aliphatic rings. The van der Waals surface area contributed by atoms with Crippen molar-refractivity contribution >= 4 is 11.9 Å². The number of carboxylic acids is 1.